The van der Waals surface area contributed by atoms with E-state index in [1.54, 1.807) is 0 Å². The van der Waals surface area contributed by atoms with Gasteiger partial charge in [-0.05, 0) is 143 Å². The Kier molecular flexibility index (Phi) is 14.8. The first kappa shape index (κ1) is 64.2. The summed E-state index contributed by atoms with van der Waals surface area (Å²) < 4.78 is 14.3. The van der Waals surface area contributed by atoms with E-state index in [4.69, 9.17) is 24.4 Å². The van der Waals surface area contributed by atoms with Crippen molar-refractivity contribution >= 4 is 182 Å². The fourth-order valence-electron chi connectivity index (χ4n) is 17.3. The second-order valence-corrected chi connectivity index (χ2v) is 32.1. The third-order valence-corrected chi connectivity index (χ3v) is 26.3. The fourth-order valence-corrected chi connectivity index (χ4v) is 21.0. The summed E-state index contributed by atoms with van der Waals surface area (Å²) in [5.41, 5.74) is 23.5. The predicted octanol–water partition coefficient (Wildman–Crippen LogP) is 30.2. The standard InChI is InChI=1S/C52H30N2OS.C52H30N2S2/c2*1-2-18-41-38(15-1)45-29-32(31-11-7-12-33(27-31)36-19-9-21-43-39-16-3-5-23-47(39)55-51(36)43)25-26-42(45)50-49(41)53-30-46(54-50)35-14-8-13-34(28-35)37-20-10-22-44-40-17-4-6-24-48(40)56-52(37)44/h2*1-30H. The van der Waals surface area contributed by atoms with Gasteiger partial charge < -0.3 is 4.42 Å². The quantitative estimate of drug-likeness (QED) is 0.142. The average molecular weight is 1480 g/mol. The van der Waals surface area contributed by atoms with Crippen molar-refractivity contribution in [3.63, 3.8) is 0 Å². The first-order valence-electron chi connectivity index (χ1n) is 37.8. The van der Waals surface area contributed by atoms with Crippen LogP contribution in [0.1, 0.15) is 0 Å². The molecule has 24 rings (SSSR count). The van der Waals surface area contributed by atoms with Gasteiger partial charge in [0.2, 0.25) is 0 Å². The van der Waals surface area contributed by atoms with Gasteiger partial charge in [-0.25, -0.2) is 9.97 Å². The zero-order chi connectivity index (χ0) is 73.5. The minimum absolute atomic E-state index is 0.857. The summed E-state index contributed by atoms with van der Waals surface area (Å²) >= 11 is 5.60. The first-order valence-corrected chi connectivity index (χ1v) is 40.2. The Morgan fingerprint density at radius 1 is 0.196 bits per heavy atom. The molecule has 24 aromatic rings. The maximum atomic E-state index is 6.42. The Balaban J connectivity index is 0.000000134. The number of para-hydroxylation sites is 2. The summed E-state index contributed by atoms with van der Waals surface area (Å²) in [5, 5.41) is 19.2. The summed E-state index contributed by atoms with van der Waals surface area (Å²) in [6, 6.07) is 127. The molecule has 0 radical (unpaired) electrons. The fraction of sp³-hybridized carbons (Fsp3) is 0. The molecule has 0 aliphatic carbocycles. The van der Waals surface area contributed by atoms with Crippen molar-refractivity contribution in [1.82, 2.24) is 19.9 Å². The number of rotatable bonds is 8. The van der Waals surface area contributed by atoms with Crippen LogP contribution < -0.4 is 0 Å². The van der Waals surface area contributed by atoms with E-state index in [1.165, 1.54) is 121 Å². The molecular weight excluding hydrogens is 1420 g/mol. The van der Waals surface area contributed by atoms with Crippen LogP contribution in [0.2, 0.25) is 0 Å². The summed E-state index contributed by atoms with van der Waals surface area (Å²) in [5.74, 6) is 0. The van der Waals surface area contributed by atoms with Crippen LogP contribution in [-0.4, -0.2) is 19.9 Å². The smallest absolute Gasteiger partial charge is 0.143 e. The van der Waals surface area contributed by atoms with Gasteiger partial charge in [-0.2, -0.15) is 0 Å². The number of hydrogen-bond donors (Lipinski definition) is 0. The predicted molar refractivity (Wildman–Crippen MR) is 479 cm³/mol. The van der Waals surface area contributed by atoms with E-state index in [0.717, 1.165) is 116 Å². The Bertz CT molecular complexity index is 7200. The highest BCUT2D eigenvalue weighted by Gasteiger charge is 2.21. The van der Waals surface area contributed by atoms with E-state index in [2.05, 4.69) is 340 Å². The SMILES string of the molecule is c1cc(-c2ccc3c(c2)c2ccccc2c2ncc(-c4cccc(-c5cccc6c5sc5ccccc56)c4)nc32)cc(-c2cccc3c2oc2ccccc23)c1.c1cc(-c2ccc3c(c2)c2ccccc2c2ncc(-c4cccc(-c5cccc6c5sc5ccccc56)c4)nc32)cc(-c2cccc3c2sc2ccccc23)c1. The second kappa shape index (κ2) is 25.9. The molecule has 6 aromatic heterocycles. The van der Waals surface area contributed by atoms with Crippen molar-refractivity contribution < 1.29 is 4.42 Å². The zero-order valence-corrected chi connectivity index (χ0v) is 62.5. The van der Waals surface area contributed by atoms with E-state index < -0.39 is 0 Å². The molecule has 5 nitrogen and oxygen atoms in total. The highest BCUT2D eigenvalue weighted by atomic mass is 32.1. The number of aromatic nitrogens is 4. The average Bonchev–Trinajstić information content (AvgIpc) is 0.809. The molecule has 0 unspecified atom stereocenters. The van der Waals surface area contributed by atoms with Crippen molar-refractivity contribution in [2.75, 3.05) is 0 Å². The van der Waals surface area contributed by atoms with Gasteiger partial charge >= 0.3 is 0 Å². The minimum atomic E-state index is 0.857. The molecule has 0 N–H and O–H groups in total. The van der Waals surface area contributed by atoms with E-state index >= 15 is 0 Å². The lowest BCUT2D eigenvalue weighted by molar-refractivity contribution is 0.670. The normalized spacial score (nSPS) is 11.9. The van der Waals surface area contributed by atoms with Crippen molar-refractivity contribution in [2.45, 2.75) is 0 Å². The van der Waals surface area contributed by atoms with Gasteiger partial charge in [0.25, 0.3) is 0 Å². The largest absolute Gasteiger partial charge is 0.455 e. The van der Waals surface area contributed by atoms with E-state index in [-0.39, 0.29) is 0 Å². The van der Waals surface area contributed by atoms with Crippen LogP contribution >= 0.6 is 34.0 Å². The molecule has 112 heavy (non-hydrogen) atoms. The van der Waals surface area contributed by atoms with Crippen molar-refractivity contribution in [3.8, 4) is 89.3 Å². The van der Waals surface area contributed by atoms with Crippen LogP contribution in [0.4, 0.5) is 0 Å². The highest BCUT2D eigenvalue weighted by molar-refractivity contribution is 7.27. The molecule has 0 atom stereocenters. The maximum Gasteiger partial charge on any atom is 0.143 e. The lowest BCUT2D eigenvalue weighted by Crippen LogP contribution is -1.93. The Labute approximate surface area is 654 Å². The molecule has 0 amide bonds. The van der Waals surface area contributed by atoms with Gasteiger partial charge in [0.05, 0.1) is 45.8 Å². The molecule has 6 heterocycles. The third-order valence-electron chi connectivity index (χ3n) is 22.6. The molecule has 0 aliphatic heterocycles. The molecule has 0 saturated heterocycles. The highest BCUT2D eigenvalue weighted by Crippen LogP contribution is 2.47. The van der Waals surface area contributed by atoms with E-state index in [9.17, 15) is 0 Å². The van der Waals surface area contributed by atoms with Gasteiger partial charge in [0, 0.05) is 110 Å². The monoisotopic (exact) mass is 1480 g/mol. The molecule has 8 heteroatoms. The number of fused-ring (bicyclic) bond motifs is 24. The molecule has 0 fully saturated rings. The van der Waals surface area contributed by atoms with Crippen LogP contribution in [0, 0.1) is 0 Å². The number of benzene rings is 18. The van der Waals surface area contributed by atoms with Crippen LogP contribution in [0.3, 0.4) is 0 Å². The summed E-state index contributed by atoms with van der Waals surface area (Å²) in [6.07, 6.45) is 3.87. The first-order chi connectivity index (χ1) is 55.5. The van der Waals surface area contributed by atoms with Gasteiger partial charge in [0.15, 0.2) is 0 Å². The topological polar surface area (TPSA) is 64.7 Å². The van der Waals surface area contributed by atoms with Crippen LogP contribution in [-0.2, 0) is 0 Å². The van der Waals surface area contributed by atoms with Gasteiger partial charge in [-0.15, -0.1) is 34.0 Å². The number of thiophene rings is 3. The Morgan fingerprint density at radius 2 is 0.509 bits per heavy atom. The molecule has 0 spiro atoms. The van der Waals surface area contributed by atoms with E-state index in [1.807, 2.05) is 58.5 Å². The molecule has 520 valence electrons. The lowest BCUT2D eigenvalue weighted by atomic mass is 9.93. The van der Waals surface area contributed by atoms with E-state index in [0.29, 0.717) is 0 Å². The number of furan rings is 1. The zero-order valence-electron chi connectivity index (χ0n) is 60.1. The maximum absolute atomic E-state index is 6.42. The van der Waals surface area contributed by atoms with Crippen LogP contribution in [0.25, 0.3) is 237 Å². The Morgan fingerprint density at radius 3 is 0.955 bits per heavy atom. The Hall–Kier alpha value is -13.9. The third kappa shape index (κ3) is 10.5. The molecule has 0 aliphatic rings. The lowest BCUT2D eigenvalue weighted by Gasteiger charge is -2.13. The molecular formula is C104H60N4OS3. The summed E-state index contributed by atoms with van der Waals surface area (Å²) in [6.45, 7) is 0. The molecule has 0 bridgehead atoms. The summed E-state index contributed by atoms with van der Waals surface area (Å²) in [7, 11) is 0. The van der Waals surface area contributed by atoms with Crippen molar-refractivity contribution in [2.24, 2.45) is 0 Å². The molecule has 0 saturated carbocycles. The minimum Gasteiger partial charge on any atom is -0.455 e. The number of nitrogens with zero attached hydrogens (tertiary/aromatic N) is 4. The van der Waals surface area contributed by atoms with Gasteiger partial charge in [0.1, 0.15) is 11.2 Å². The van der Waals surface area contributed by atoms with Crippen molar-refractivity contribution in [3.05, 3.63) is 364 Å². The molecule has 18 aromatic carbocycles. The summed E-state index contributed by atoms with van der Waals surface area (Å²) in [4.78, 5) is 21.0. The van der Waals surface area contributed by atoms with Crippen LogP contribution in [0.5, 0.6) is 0 Å². The second-order valence-electron chi connectivity index (χ2n) is 29.0. The van der Waals surface area contributed by atoms with Gasteiger partial charge in [-0.3, -0.25) is 9.97 Å². The van der Waals surface area contributed by atoms with Gasteiger partial charge in [-0.1, -0.05) is 291 Å². The van der Waals surface area contributed by atoms with Crippen molar-refractivity contribution in [1.29, 1.82) is 0 Å². The number of hydrogen-bond acceptors (Lipinski definition) is 8. The van der Waals surface area contributed by atoms with Crippen LogP contribution in [0.15, 0.2) is 369 Å².